The van der Waals surface area contributed by atoms with E-state index in [4.69, 9.17) is 0 Å². The quantitative estimate of drug-likeness (QED) is 0.798. The monoisotopic (exact) mass is 248 g/mol. The van der Waals surface area contributed by atoms with Crippen LogP contribution in [0.1, 0.15) is 33.3 Å². The highest BCUT2D eigenvalue weighted by Crippen LogP contribution is 2.20. The Hall–Kier alpha value is -1.68. The molecule has 1 aromatic rings. The van der Waals surface area contributed by atoms with Gasteiger partial charge in [-0.3, -0.25) is 9.78 Å². The van der Waals surface area contributed by atoms with Gasteiger partial charge in [0.25, 0.3) is 0 Å². The Morgan fingerprint density at radius 1 is 1.39 bits per heavy atom. The summed E-state index contributed by atoms with van der Waals surface area (Å²) in [7, 11) is 0. The van der Waals surface area contributed by atoms with E-state index in [9.17, 15) is 9.90 Å². The van der Waals surface area contributed by atoms with Crippen molar-refractivity contribution in [1.29, 1.82) is 0 Å². The van der Waals surface area contributed by atoms with E-state index in [0.717, 1.165) is 5.56 Å². The number of nitrogens with one attached hydrogen (secondary N) is 1. The van der Waals surface area contributed by atoms with Crippen molar-refractivity contribution in [1.82, 2.24) is 10.3 Å². The van der Waals surface area contributed by atoms with Crippen molar-refractivity contribution in [2.24, 2.45) is 0 Å². The zero-order chi connectivity index (χ0) is 13.8. The van der Waals surface area contributed by atoms with Gasteiger partial charge in [-0.2, -0.15) is 0 Å². The second kappa shape index (κ2) is 5.31. The van der Waals surface area contributed by atoms with Crippen LogP contribution in [-0.2, 0) is 4.79 Å². The zero-order valence-corrected chi connectivity index (χ0v) is 11.3. The predicted molar refractivity (Wildman–Crippen MR) is 71.8 cm³/mol. The van der Waals surface area contributed by atoms with Crippen molar-refractivity contribution < 1.29 is 9.90 Å². The van der Waals surface area contributed by atoms with Crippen molar-refractivity contribution in [2.45, 2.75) is 38.8 Å². The van der Waals surface area contributed by atoms with Gasteiger partial charge in [0.2, 0.25) is 5.91 Å². The maximum Gasteiger partial charge on any atom is 0.244 e. The summed E-state index contributed by atoms with van der Waals surface area (Å²) in [5.74, 6) is -0.244. The van der Waals surface area contributed by atoms with Crippen molar-refractivity contribution in [2.75, 3.05) is 0 Å². The van der Waals surface area contributed by atoms with E-state index in [0.29, 0.717) is 0 Å². The van der Waals surface area contributed by atoms with Gasteiger partial charge in [0.1, 0.15) is 0 Å². The summed E-state index contributed by atoms with van der Waals surface area (Å²) in [6, 6.07) is 3.66. The fraction of sp³-hybridized carbons (Fsp3) is 0.429. The van der Waals surface area contributed by atoms with Gasteiger partial charge in [0, 0.05) is 18.5 Å². The smallest absolute Gasteiger partial charge is 0.244 e. The van der Waals surface area contributed by atoms with E-state index in [1.54, 1.807) is 52.2 Å². The molecule has 18 heavy (non-hydrogen) atoms. The third-order valence-electron chi connectivity index (χ3n) is 3.08. The highest BCUT2D eigenvalue weighted by atomic mass is 16.3. The van der Waals surface area contributed by atoms with Crippen LogP contribution in [0, 0.1) is 0 Å². The van der Waals surface area contributed by atoms with Crippen LogP contribution in [0.3, 0.4) is 0 Å². The van der Waals surface area contributed by atoms with Crippen LogP contribution in [0.2, 0.25) is 0 Å². The van der Waals surface area contributed by atoms with Crippen LogP contribution in [0.4, 0.5) is 0 Å². The number of pyridine rings is 1. The third kappa shape index (κ3) is 3.96. The average molecular weight is 248 g/mol. The van der Waals surface area contributed by atoms with Crippen LogP contribution >= 0.6 is 0 Å². The molecule has 0 atom stereocenters. The second-order valence-corrected chi connectivity index (χ2v) is 5.29. The fourth-order valence-corrected chi connectivity index (χ4v) is 1.15. The Kier molecular flexibility index (Phi) is 4.24. The van der Waals surface area contributed by atoms with Crippen LogP contribution in [0.5, 0.6) is 0 Å². The number of aliphatic hydroxyl groups is 1. The lowest BCUT2D eigenvalue weighted by atomic mass is 9.86. The van der Waals surface area contributed by atoms with Gasteiger partial charge >= 0.3 is 0 Å². The van der Waals surface area contributed by atoms with Crippen LogP contribution in [-0.4, -0.2) is 27.1 Å². The molecule has 1 amide bonds. The maximum atomic E-state index is 11.7. The van der Waals surface area contributed by atoms with E-state index in [1.807, 2.05) is 6.07 Å². The average Bonchev–Trinajstić information content (AvgIpc) is 2.26. The molecule has 0 aliphatic rings. The van der Waals surface area contributed by atoms with Crippen molar-refractivity contribution >= 4 is 12.0 Å². The lowest BCUT2D eigenvalue weighted by Gasteiger charge is -2.37. The zero-order valence-electron chi connectivity index (χ0n) is 11.3. The molecule has 98 valence electrons. The van der Waals surface area contributed by atoms with Crippen molar-refractivity contribution in [3.05, 3.63) is 36.2 Å². The molecule has 0 unspecified atom stereocenters. The molecule has 4 heteroatoms. The molecular weight excluding hydrogens is 228 g/mol. The Morgan fingerprint density at radius 3 is 2.56 bits per heavy atom. The summed E-state index contributed by atoms with van der Waals surface area (Å²) in [6.45, 7) is 6.89. The van der Waals surface area contributed by atoms with Crippen LogP contribution in [0.15, 0.2) is 30.6 Å². The molecule has 1 rings (SSSR count). The predicted octanol–water partition coefficient (Wildman–Crippen LogP) is 1.76. The topological polar surface area (TPSA) is 62.2 Å². The fourth-order valence-electron chi connectivity index (χ4n) is 1.15. The minimum Gasteiger partial charge on any atom is -0.388 e. The standard InChI is InChI=1S/C14H20N2O2/c1-13(2,14(3,4)18)16-12(17)8-7-11-6-5-9-15-10-11/h5-10,18H,1-4H3,(H,16,17)/b8-7+. The normalized spacial score (nSPS) is 12.7. The van der Waals surface area contributed by atoms with Gasteiger partial charge in [-0.25, -0.2) is 0 Å². The largest absolute Gasteiger partial charge is 0.388 e. The van der Waals surface area contributed by atoms with E-state index < -0.39 is 11.1 Å². The summed E-state index contributed by atoms with van der Waals surface area (Å²) in [6.07, 6.45) is 6.47. The Balaban J connectivity index is 2.66. The molecule has 0 fully saturated rings. The molecule has 0 bridgehead atoms. The molecule has 0 aliphatic heterocycles. The van der Waals surface area contributed by atoms with Crippen LogP contribution < -0.4 is 5.32 Å². The lowest BCUT2D eigenvalue weighted by Crippen LogP contribution is -2.57. The number of carbonyl (C=O) groups excluding carboxylic acids is 1. The summed E-state index contributed by atoms with van der Waals surface area (Å²) in [5, 5.41) is 12.7. The first kappa shape index (κ1) is 14.4. The highest BCUT2D eigenvalue weighted by molar-refractivity contribution is 5.92. The molecule has 0 aliphatic carbocycles. The molecule has 4 nitrogen and oxygen atoms in total. The minimum atomic E-state index is -0.995. The highest BCUT2D eigenvalue weighted by Gasteiger charge is 2.35. The Bertz CT molecular complexity index is 431. The van der Waals surface area contributed by atoms with Gasteiger partial charge < -0.3 is 10.4 Å². The van der Waals surface area contributed by atoms with E-state index in [2.05, 4.69) is 10.3 Å². The SMILES string of the molecule is CC(C)(O)C(C)(C)NC(=O)/C=C/c1cccnc1. The van der Waals surface area contributed by atoms with E-state index >= 15 is 0 Å². The molecule has 1 aromatic heterocycles. The number of hydrogen-bond donors (Lipinski definition) is 2. The number of rotatable bonds is 4. The first-order valence-corrected chi connectivity index (χ1v) is 5.85. The van der Waals surface area contributed by atoms with Crippen molar-refractivity contribution in [3.63, 3.8) is 0 Å². The molecule has 0 saturated carbocycles. The number of hydrogen-bond acceptors (Lipinski definition) is 3. The van der Waals surface area contributed by atoms with E-state index in [-0.39, 0.29) is 5.91 Å². The van der Waals surface area contributed by atoms with Crippen molar-refractivity contribution in [3.8, 4) is 0 Å². The summed E-state index contributed by atoms with van der Waals surface area (Å²) in [4.78, 5) is 15.7. The summed E-state index contributed by atoms with van der Waals surface area (Å²) in [5.41, 5.74) is -0.845. The number of nitrogens with zero attached hydrogens (tertiary/aromatic N) is 1. The van der Waals surface area contributed by atoms with Gasteiger partial charge in [-0.15, -0.1) is 0 Å². The Labute approximate surface area is 108 Å². The number of aromatic nitrogens is 1. The molecule has 0 spiro atoms. The number of amides is 1. The molecule has 0 radical (unpaired) electrons. The summed E-state index contributed by atoms with van der Waals surface area (Å²) >= 11 is 0. The van der Waals surface area contributed by atoms with E-state index in [1.165, 1.54) is 6.08 Å². The van der Waals surface area contributed by atoms with Gasteiger partial charge in [-0.05, 0) is 45.4 Å². The maximum absolute atomic E-state index is 11.7. The Morgan fingerprint density at radius 2 is 2.06 bits per heavy atom. The van der Waals surface area contributed by atoms with Gasteiger partial charge in [-0.1, -0.05) is 6.07 Å². The first-order valence-electron chi connectivity index (χ1n) is 5.85. The lowest BCUT2D eigenvalue weighted by molar-refractivity contribution is -0.121. The van der Waals surface area contributed by atoms with Gasteiger partial charge in [0.05, 0.1) is 11.1 Å². The molecule has 2 N–H and O–H groups in total. The molecule has 1 heterocycles. The molecular formula is C14H20N2O2. The molecule has 0 aromatic carbocycles. The second-order valence-electron chi connectivity index (χ2n) is 5.29. The summed E-state index contributed by atoms with van der Waals surface area (Å²) < 4.78 is 0. The molecule has 0 saturated heterocycles. The number of carbonyl (C=O) groups is 1. The minimum absolute atomic E-state index is 0.244. The van der Waals surface area contributed by atoms with Gasteiger partial charge in [0.15, 0.2) is 0 Å². The first-order chi connectivity index (χ1) is 8.22. The van der Waals surface area contributed by atoms with Crippen LogP contribution in [0.25, 0.3) is 6.08 Å². The third-order valence-corrected chi connectivity index (χ3v) is 3.08.